The summed E-state index contributed by atoms with van der Waals surface area (Å²) in [7, 11) is 0. The summed E-state index contributed by atoms with van der Waals surface area (Å²) in [5.74, 6) is 0.0518. The van der Waals surface area contributed by atoms with Crippen LogP contribution in [0.3, 0.4) is 0 Å². The molecule has 0 fully saturated rings. The smallest absolute Gasteiger partial charge is 0.220 e. The van der Waals surface area contributed by atoms with E-state index in [-0.39, 0.29) is 5.75 Å². The maximum absolute atomic E-state index is 11.8. The molecule has 0 aliphatic carbocycles. The van der Waals surface area contributed by atoms with Crippen LogP contribution >= 0.6 is 11.6 Å². The van der Waals surface area contributed by atoms with E-state index in [2.05, 4.69) is 0 Å². The van der Waals surface area contributed by atoms with Gasteiger partial charge in [-0.25, -0.2) is 0 Å². The first-order valence-electron chi connectivity index (χ1n) is 5.01. The number of rotatable bonds is 2. The molecule has 2 rings (SSSR count). The van der Waals surface area contributed by atoms with E-state index >= 15 is 0 Å². The number of halogens is 1. The number of phenols is 1. The Bertz CT molecular complexity index is 567. The van der Waals surface area contributed by atoms with Gasteiger partial charge in [-0.05, 0) is 18.2 Å². The SMILES string of the molecule is [O-][N+](=Cc1ccccc1Cl)c1cccc(O)c1. The van der Waals surface area contributed by atoms with E-state index in [9.17, 15) is 10.3 Å². The number of aromatic hydroxyl groups is 1. The second kappa shape index (κ2) is 4.89. The number of nitrogens with zero attached hydrogens (tertiary/aromatic N) is 1. The van der Waals surface area contributed by atoms with Gasteiger partial charge in [-0.2, -0.15) is 4.74 Å². The normalized spacial score (nSPS) is 11.5. The summed E-state index contributed by atoms with van der Waals surface area (Å²) in [4.78, 5) is 0. The van der Waals surface area contributed by atoms with Crippen LogP contribution in [0.5, 0.6) is 5.75 Å². The first-order valence-corrected chi connectivity index (χ1v) is 5.39. The minimum Gasteiger partial charge on any atom is -0.618 e. The molecule has 0 aliphatic rings. The standard InChI is InChI=1S/C13H10ClNO2/c14-13-7-2-1-4-10(13)9-15(17)11-5-3-6-12(16)8-11/h1-9,16H. The lowest BCUT2D eigenvalue weighted by atomic mass is 10.2. The van der Waals surface area contributed by atoms with Crippen LogP contribution in [0.4, 0.5) is 5.69 Å². The average Bonchev–Trinajstić information content (AvgIpc) is 2.32. The minimum absolute atomic E-state index is 0.0518. The molecule has 0 heterocycles. The third-order valence-corrected chi connectivity index (χ3v) is 2.59. The maximum Gasteiger partial charge on any atom is 0.220 e. The van der Waals surface area contributed by atoms with Crippen molar-refractivity contribution in [1.29, 1.82) is 0 Å². The first kappa shape index (κ1) is 11.5. The average molecular weight is 248 g/mol. The van der Waals surface area contributed by atoms with Crippen molar-refractivity contribution in [2.45, 2.75) is 0 Å². The summed E-state index contributed by atoms with van der Waals surface area (Å²) < 4.78 is 0.668. The lowest BCUT2D eigenvalue weighted by Gasteiger charge is -2.03. The summed E-state index contributed by atoms with van der Waals surface area (Å²) in [6, 6.07) is 13.2. The van der Waals surface area contributed by atoms with Crippen LogP contribution in [-0.2, 0) is 0 Å². The fourth-order valence-corrected chi connectivity index (χ4v) is 1.60. The Morgan fingerprint density at radius 2 is 1.88 bits per heavy atom. The van der Waals surface area contributed by atoms with Gasteiger partial charge in [0.2, 0.25) is 5.69 Å². The Morgan fingerprint density at radius 3 is 2.59 bits per heavy atom. The lowest BCUT2D eigenvalue weighted by Crippen LogP contribution is -1.99. The van der Waals surface area contributed by atoms with E-state index in [4.69, 9.17) is 11.6 Å². The molecule has 3 nitrogen and oxygen atoms in total. The molecule has 4 heteroatoms. The highest BCUT2D eigenvalue weighted by molar-refractivity contribution is 6.32. The van der Waals surface area contributed by atoms with Crippen LogP contribution in [-0.4, -0.2) is 16.1 Å². The van der Waals surface area contributed by atoms with Crippen molar-refractivity contribution in [1.82, 2.24) is 0 Å². The summed E-state index contributed by atoms with van der Waals surface area (Å²) in [5.41, 5.74) is 0.984. The molecule has 0 unspecified atom stereocenters. The monoisotopic (exact) mass is 247 g/mol. The van der Waals surface area contributed by atoms with Crippen molar-refractivity contribution >= 4 is 23.5 Å². The molecule has 0 saturated carbocycles. The predicted octanol–water partition coefficient (Wildman–Crippen LogP) is 3.31. The zero-order valence-corrected chi connectivity index (χ0v) is 9.63. The second-order valence-corrected chi connectivity index (χ2v) is 3.90. The van der Waals surface area contributed by atoms with E-state index in [1.165, 1.54) is 18.3 Å². The Morgan fingerprint density at radius 1 is 1.12 bits per heavy atom. The molecule has 2 aromatic carbocycles. The molecule has 0 bridgehead atoms. The fraction of sp³-hybridized carbons (Fsp3) is 0. The van der Waals surface area contributed by atoms with Crippen molar-refractivity contribution in [2.75, 3.05) is 0 Å². The quantitative estimate of drug-likeness (QED) is 0.383. The first-order chi connectivity index (χ1) is 8.16. The maximum atomic E-state index is 11.8. The Labute approximate surface area is 104 Å². The highest BCUT2D eigenvalue weighted by Gasteiger charge is 2.04. The second-order valence-electron chi connectivity index (χ2n) is 3.50. The third-order valence-electron chi connectivity index (χ3n) is 2.25. The van der Waals surface area contributed by atoms with E-state index in [0.717, 1.165) is 0 Å². The molecule has 0 aromatic heterocycles. The summed E-state index contributed by atoms with van der Waals surface area (Å²) >= 11 is 5.94. The van der Waals surface area contributed by atoms with E-state index in [0.29, 0.717) is 21.0 Å². The molecular weight excluding hydrogens is 238 g/mol. The lowest BCUT2D eigenvalue weighted by molar-refractivity contribution is -0.354. The molecule has 1 N–H and O–H groups in total. The molecule has 0 amide bonds. The Hall–Kier alpha value is -2.00. The van der Waals surface area contributed by atoms with Crippen molar-refractivity contribution in [2.24, 2.45) is 0 Å². The molecule has 2 aromatic rings. The zero-order valence-electron chi connectivity index (χ0n) is 8.88. The molecule has 0 radical (unpaired) electrons. The topological polar surface area (TPSA) is 46.3 Å². The van der Waals surface area contributed by atoms with Gasteiger partial charge in [0.15, 0.2) is 6.21 Å². The molecule has 86 valence electrons. The highest BCUT2D eigenvalue weighted by atomic mass is 35.5. The molecule has 17 heavy (non-hydrogen) atoms. The predicted molar refractivity (Wildman–Crippen MR) is 68.0 cm³/mol. The van der Waals surface area contributed by atoms with Crippen LogP contribution in [0, 0.1) is 5.21 Å². The van der Waals surface area contributed by atoms with Crippen molar-refractivity contribution in [3.63, 3.8) is 0 Å². The van der Waals surface area contributed by atoms with Gasteiger partial charge in [0.1, 0.15) is 5.75 Å². The van der Waals surface area contributed by atoms with Crippen LogP contribution in [0.2, 0.25) is 5.02 Å². The number of hydrogen-bond acceptors (Lipinski definition) is 2. The number of benzene rings is 2. The molecule has 0 saturated heterocycles. The van der Waals surface area contributed by atoms with E-state index in [1.54, 1.807) is 36.4 Å². The van der Waals surface area contributed by atoms with Gasteiger partial charge >= 0.3 is 0 Å². The molecule has 0 atom stereocenters. The Kier molecular flexibility index (Phi) is 3.30. The molecule has 0 aliphatic heterocycles. The zero-order chi connectivity index (χ0) is 12.3. The van der Waals surface area contributed by atoms with Crippen LogP contribution in [0.15, 0.2) is 48.5 Å². The van der Waals surface area contributed by atoms with Crippen LogP contribution < -0.4 is 0 Å². The van der Waals surface area contributed by atoms with E-state index in [1.807, 2.05) is 0 Å². The van der Waals surface area contributed by atoms with Crippen molar-refractivity contribution in [3.8, 4) is 5.75 Å². The third kappa shape index (κ3) is 2.77. The molecule has 0 spiro atoms. The highest BCUT2D eigenvalue weighted by Crippen LogP contribution is 2.19. The van der Waals surface area contributed by atoms with Crippen molar-refractivity contribution < 1.29 is 9.85 Å². The van der Waals surface area contributed by atoms with E-state index < -0.39 is 0 Å². The van der Waals surface area contributed by atoms with Crippen LogP contribution in [0.1, 0.15) is 5.56 Å². The summed E-state index contributed by atoms with van der Waals surface area (Å²) in [5, 5.41) is 21.6. The summed E-state index contributed by atoms with van der Waals surface area (Å²) in [6.07, 6.45) is 1.37. The van der Waals surface area contributed by atoms with Gasteiger partial charge in [-0.3, -0.25) is 0 Å². The van der Waals surface area contributed by atoms with Crippen molar-refractivity contribution in [3.05, 3.63) is 64.3 Å². The fourth-order valence-electron chi connectivity index (χ4n) is 1.41. The van der Waals surface area contributed by atoms with Gasteiger partial charge in [-0.15, -0.1) is 0 Å². The molecular formula is C13H10ClNO2. The van der Waals surface area contributed by atoms with Gasteiger partial charge in [0, 0.05) is 6.07 Å². The van der Waals surface area contributed by atoms with Crippen LogP contribution in [0.25, 0.3) is 0 Å². The summed E-state index contributed by atoms with van der Waals surface area (Å²) in [6.45, 7) is 0. The number of phenolic OH excluding ortho intramolecular Hbond substituents is 1. The van der Waals surface area contributed by atoms with Gasteiger partial charge in [0.05, 0.1) is 16.7 Å². The van der Waals surface area contributed by atoms with Gasteiger partial charge in [0.25, 0.3) is 0 Å². The number of hydrogen-bond donors (Lipinski definition) is 1. The van der Waals surface area contributed by atoms with Gasteiger partial charge in [-0.1, -0.05) is 29.8 Å². The largest absolute Gasteiger partial charge is 0.618 e. The van der Waals surface area contributed by atoms with Gasteiger partial charge < -0.3 is 10.3 Å². The minimum atomic E-state index is 0.0518. The Balaban J connectivity index is 2.38.